The Morgan fingerprint density at radius 1 is 0.481 bits per heavy atom. The Morgan fingerprint density at radius 3 is 1.31 bits per heavy atom. The van der Waals surface area contributed by atoms with Gasteiger partial charge in [0.1, 0.15) is 6.10 Å². The second kappa shape index (κ2) is 45.5. The molecule has 0 aliphatic carbocycles. The summed E-state index contributed by atoms with van der Waals surface area (Å²) in [6.45, 7) is 5.25. The van der Waals surface area contributed by atoms with Crippen LogP contribution in [0.15, 0.2) is 48.6 Å². The van der Waals surface area contributed by atoms with Crippen LogP contribution in [-0.4, -0.2) is 37.0 Å². The van der Waals surface area contributed by atoms with Crippen LogP contribution < -0.4 is 0 Å². The molecule has 0 fully saturated rings. The molecule has 0 saturated heterocycles. The molecule has 0 aliphatic heterocycles. The summed E-state index contributed by atoms with van der Waals surface area (Å²) >= 11 is 0. The zero-order valence-corrected chi connectivity index (χ0v) is 34.8. The van der Waals surface area contributed by atoms with E-state index in [9.17, 15) is 9.90 Å². The molecule has 4 heteroatoms. The van der Waals surface area contributed by atoms with Crippen LogP contribution in [0.3, 0.4) is 0 Å². The lowest BCUT2D eigenvalue weighted by atomic mass is 10.0. The van der Waals surface area contributed by atoms with Crippen LogP contribution in [0.25, 0.3) is 0 Å². The second-order valence-corrected chi connectivity index (χ2v) is 15.1. The molecule has 4 nitrogen and oxygen atoms in total. The molecule has 0 amide bonds. The molecule has 1 atom stereocenters. The van der Waals surface area contributed by atoms with Gasteiger partial charge in [-0.3, -0.25) is 4.79 Å². The third kappa shape index (κ3) is 42.8. The number of esters is 1. The van der Waals surface area contributed by atoms with Crippen molar-refractivity contribution < 1.29 is 19.4 Å². The molecular weight excluding hydrogens is 641 g/mol. The first-order valence-electron chi connectivity index (χ1n) is 22.7. The van der Waals surface area contributed by atoms with Gasteiger partial charge in [-0.25, -0.2) is 0 Å². The fraction of sp³-hybridized carbons (Fsp3) is 0.812. The van der Waals surface area contributed by atoms with Crippen molar-refractivity contribution in [1.82, 2.24) is 0 Å². The molecule has 0 saturated carbocycles. The molecule has 52 heavy (non-hydrogen) atoms. The zero-order valence-electron chi connectivity index (χ0n) is 34.8. The van der Waals surface area contributed by atoms with Gasteiger partial charge in [0.15, 0.2) is 0 Å². The van der Waals surface area contributed by atoms with E-state index in [4.69, 9.17) is 9.47 Å². The van der Waals surface area contributed by atoms with Crippen LogP contribution >= 0.6 is 0 Å². The Morgan fingerprint density at radius 2 is 0.865 bits per heavy atom. The van der Waals surface area contributed by atoms with Crippen molar-refractivity contribution in [3.05, 3.63) is 48.6 Å². The Hall–Kier alpha value is -1.65. The standard InChI is InChI=1S/C48H88O4/c1-3-5-7-9-11-13-15-17-19-20-21-22-23-24-25-26-27-28-29-30-32-34-36-38-40-42-44-51-46-47(45-49)52-48(50)43-41-39-37-35-33-31-18-16-14-12-10-8-6-4-2/h5,7,11,13,17,19,21-22,47,49H,3-4,6,8-10,12,14-16,18,20,23-46H2,1-2H3/b7-5-,13-11-,19-17-,22-21-. The number of rotatable bonds is 42. The van der Waals surface area contributed by atoms with Gasteiger partial charge in [-0.05, 0) is 51.4 Å². The van der Waals surface area contributed by atoms with Crippen LogP contribution in [0, 0.1) is 0 Å². The van der Waals surface area contributed by atoms with Crippen molar-refractivity contribution in [3.8, 4) is 0 Å². The summed E-state index contributed by atoms with van der Waals surface area (Å²) in [5, 5.41) is 9.61. The number of allylic oxidation sites excluding steroid dienone is 8. The lowest BCUT2D eigenvalue weighted by molar-refractivity contribution is -0.154. The molecule has 0 aromatic rings. The predicted molar refractivity (Wildman–Crippen MR) is 228 cm³/mol. The summed E-state index contributed by atoms with van der Waals surface area (Å²) in [5.74, 6) is -0.199. The van der Waals surface area contributed by atoms with E-state index in [1.807, 2.05) is 0 Å². The normalized spacial score (nSPS) is 12.8. The number of hydrogen-bond donors (Lipinski definition) is 1. The largest absolute Gasteiger partial charge is 0.457 e. The maximum absolute atomic E-state index is 12.2. The van der Waals surface area contributed by atoms with Crippen LogP contribution in [-0.2, 0) is 14.3 Å². The van der Waals surface area contributed by atoms with Crippen molar-refractivity contribution in [1.29, 1.82) is 0 Å². The van der Waals surface area contributed by atoms with Crippen LogP contribution in [0.4, 0.5) is 0 Å². The maximum Gasteiger partial charge on any atom is 0.306 e. The number of hydrogen-bond acceptors (Lipinski definition) is 4. The molecule has 0 spiro atoms. The minimum Gasteiger partial charge on any atom is -0.457 e. The molecule has 0 radical (unpaired) electrons. The van der Waals surface area contributed by atoms with Crippen LogP contribution in [0.1, 0.15) is 226 Å². The third-order valence-corrected chi connectivity index (χ3v) is 9.92. The van der Waals surface area contributed by atoms with Crippen molar-refractivity contribution in [2.75, 3.05) is 19.8 Å². The third-order valence-electron chi connectivity index (χ3n) is 9.92. The number of carbonyl (C=O) groups is 1. The second-order valence-electron chi connectivity index (χ2n) is 15.1. The number of carbonyl (C=O) groups excluding carboxylic acids is 1. The van der Waals surface area contributed by atoms with E-state index in [-0.39, 0.29) is 12.6 Å². The first-order valence-corrected chi connectivity index (χ1v) is 22.7. The zero-order chi connectivity index (χ0) is 37.7. The topological polar surface area (TPSA) is 55.8 Å². The van der Waals surface area contributed by atoms with Gasteiger partial charge in [0.2, 0.25) is 0 Å². The van der Waals surface area contributed by atoms with Gasteiger partial charge >= 0.3 is 5.97 Å². The summed E-state index contributed by atoms with van der Waals surface area (Å²) in [6, 6.07) is 0. The number of ether oxygens (including phenoxy) is 2. The average Bonchev–Trinajstić information content (AvgIpc) is 3.15. The predicted octanol–water partition coefficient (Wildman–Crippen LogP) is 15.0. The number of aliphatic hydroxyl groups excluding tert-OH is 1. The van der Waals surface area contributed by atoms with E-state index in [1.54, 1.807) is 0 Å². The Labute approximate surface area is 324 Å². The quantitative estimate of drug-likeness (QED) is 0.0386. The fourth-order valence-electron chi connectivity index (χ4n) is 6.56. The summed E-state index contributed by atoms with van der Waals surface area (Å²) in [6.07, 6.45) is 59.0. The molecule has 0 aromatic heterocycles. The molecule has 0 rings (SSSR count). The number of unbranched alkanes of at least 4 members (excludes halogenated alkanes) is 26. The van der Waals surface area contributed by atoms with Gasteiger partial charge in [-0.15, -0.1) is 0 Å². The molecule has 0 aliphatic rings. The highest BCUT2D eigenvalue weighted by molar-refractivity contribution is 5.69. The van der Waals surface area contributed by atoms with Crippen molar-refractivity contribution in [2.24, 2.45) is 0 Å². The van der Waals surface area contributed by atoms with Crippen molar-refractivity contribution in [2.45, 2.75) is 232 Å². The first-order chi connectivity index (χ1) is 25.7. The minimum absolute atomic E-state index is 0.169. The Balaban J connectivity index is 3.39. The Kier molecular flexibility index (Phi) is 44.1. The smallest absolute Gasteiger partial charge is 0.306 e. The highest BCUT2D eigenvalue weighted by atomic mass is 16.6. The molecule has 0 aromatic carbocycles. The molecule has 0 heterocycles. The van der Waals surface area contributed by atoms with Gasteiger partial charge in [0, 0.05) is 13.0 Å². The van der Waals surface area contributed by atoms with E-state index in [2.05, 4.69) is 62.5 Å². The number of aliphatic hydroxyl groups is 1. The van der Waals surface area contributed by atoms with Crippen LogP contribution in [0.2, 0.25) is 0 Å². The van der Waals surface area contributed by atoms with Gasteiger partial charge in [0.05, 0.1) is 13.2 Å². The molecule has 304 valence electrons. The average molecular weight is 729 g/mol. The van der Waals surface area contributed by atoms with Gasteiger partial charge in [-0.2, -0.15) is 0 Å². The van der Waals surface area contributed by atoms with E-state index in [1.165, 1.54) is 161 Å². The fourth-order valence-corrected chi connectivity index (χ4v) is 6.56. The molecule has 1 N–H and O–H groups in total. The van der Waals surface area contributed by atoms with Crippen molar-refractivity contribution in [3.63, 3.8) is 0 Å². The summed E-state index contributed by atoms with van der Waals surface area (Å²) in [7, 11) is 0. The monoisotopic (exact) mass is 729 g/mol. The highest BCUT2D eigenvalue weighted by Crippen LogP contribution is 2.15. The first kappa shape index (κ1) is 50.4. The summed E-state index contributed by atoms with van der Waals surface area (Å²) in [4.78, 5) is 12.2. The Bertz CT molecular complexity index is 813. The van der Waals surface area contributed by atoms with Gasteiger partial charge in [-0.1, -0.05) is 217 Å². The molecule has 0 bridgehead atoms. The van der Waals surface area contributed by atoms with E-state index < -0.39 is 6.10 Å². The van der Waals surface area contributed by atoms with E-state index >= 15 is 0 Å². The lowest BCUT2D eigenvalue weighted by Gasteiger charge is -2.16. The highest BCUT2D eigenvalue weighted by Gasteiger charge is 2.13. The van der Waals surface area contributed by atoms with E-state index in [0.29, 0.717) is 19.6 Å². The van der Waals surface area contributed by atoms with E-state index in [0.717, 1.165) is 44.9 Å². The van der Waals surface area contributed by atoms with Gasteiger partial charge < -0.3 is 14.6 Å². The minimum atomic E-state index is -0.532. The molecular formula is C48H88O4. The molecule has 1 unspecified atom stereocenters. The van der Waals surface area contributed by atoms with Gasteiger partial charge in [0.25, 0.3) is 0 Å². The maximum atomic E-state index is 12.2. The lowest BCUT2D eigenvalue weighted by Crippen LogP contribution is -2.27. The SMILES string of the molecule is CC/C=C\C/C=C\C/C=C\C/C=C\CCCCCCCCCCCCCCCOCC(CO)OC(=O)CCCCCCCCCCCCCCCC. The van der Waals surface area contributed by atoms with Crippen molar-refractivity contribution >= 4 is 5.97 Å². The summed E-state index contributed by atoms with van der Waals surface area (Å²) in [5.41, 5.74) is 0. The summed E-state index contributed by atoms with van der Waals surface area (Å²) < 4.78 is 11.2. The van der Waals surface area contributed by atoms with Crippen LogP contribution in [0.5, 0.6) is 0 Å².